The van der Waals surface area contributed by atoms with Crippen molar-refractivity contribution >= 4 is 5.91 Å². The van der Waals surface area contributed by atoms with Crippen LogP contribution in [0.2, 0.25) is 0 Å². The molecule has 1 amide bonds. The van der Waals surface area contributed by atoms with Gasteiger partial charge in [-0.05, 0) is 93.0 Å². The standard InChI is InChI=1S/C25H29NO4/c1-16-2-4-21(30-16)14-26(13-17-3-5-22-23(9-17)29-15-28-22)24(27)25-10-18-6-19(11-25)8-20(7-18)12-25/h2-5,9,18-20H,6-8,10-15H2,1H3. The molecule has 2 heterocycles. The van der Waals surface area contributed by atoms with Gasteiger partial charge in [0.2, 0.25) is 12.7 Å². The van der Waals surface area contributed by atoms with E-state index in [1.165, 1.54) is 19.3 Å². The quantitative estimate of drug-likeness (QED) is 0.695. The maximum atomic E-state index is 14.1. The molecule has 0 radical (unpaired) electrons. The maximum Gasteiger partial charge on any atom is 0.231 e. The molecule has 0 unspecified atom stereocenters. The molecular formula is C25H29NO4. The smallest absolute Gasteiger partial charge is 0.231 e. The van der Waals surface area contributed by atoms with E-state index in [9.17, 15) is 4.79 Å². The minimum absolute atomic E-state index is 0.160. The van der Waals surface area contributed by atoms with Gasteiger partial charge in [0.15, 0.2) is 11.5 Å². The van der Waals surface area contributed by atoms with Gasteiger partial charge in [-0.3, -0.25) is 4.79 Å². The van der Waals surface area contributed by atoms with E-state index in [0.29, 0.717) is 19.0 Å². The normalized spacial score (nSPS) is 30.6. The van der Waals surface area contributed by atoms with E-state index in [4.69, 9.17) is 13.9 Å². The second-order valence-electron chi connectivity index (χ2n) is 10.1. The predicted molar refractivity (Wildman–Crippen MR) is 111 cm³/mol. The van der Waals surface area contributed by atoms with Crippen LogP contribution in [0.25, 0.3) is 0 Å². The fourth-order valence-corrected chi connectivity index (χ4v) is 6.93. The van der Waals surface area contributed by atoms with E-state index in [1.54, 1.807) is 0 Å². The summed E-state index contributed by atoms with van der Waals surface area (Å²) in [5, 5.41) is 0. The Hall–Kier alpha value is -2.43. The molecule has 5 nitrogen and oxygen atoms in total. The molecule has 1 aromatic carbocycles. The van der Waals surface area contributed by atoms with Gasteiger partial charge < -0.3 is 18.8 Å². The summed E-state index contributed by atoms with van der Waals surface area (Å²) >= 11 is 0. The van der Waals surface area contributed by atoms with Crippen LogP contribution < -0.4 is 9.47 Å². The zero-order valence-corrected chi connectivity index (χ0v) is 17.6. The topological polar surface area (TPSA) is 51.9 Å². The number of amides is 1. The van der Waals surface area contributed by atoms with Crippen LogP contribution in [0.5, 0.6) is 11.5 Å². The third-order valence-corrected chi connectivity index (χ3v) is 7.73. The Morgan fingerprint density at radius 2 is 1.67 bits per heavy atom. The van der Waals surface area contributed by atoms with Crippen LogP contribution in [0.1, 0.15) is 55.6 Å². The molecule has 158 valence electrons. The number of hydrogen-bond acceptors (Lipinski definition) is 4. The highest BCUT2D eigenvalue weighted by Gasteiger charge is 2.55. The molecule has 4 saturated carbocycles. The van der Waals surface area contributed by atoms with Crippen molar-refractivity contribution in [1.82, 2.24) is 4.90 Å². The van der Waals surface area contributed by atoms with Crippen molar-refractivity contribution < 1.29 is 18.7 Å². The van der Waals surface area contributed by atoms with Gasteiger partial charge in [-0.15, -0.1) is 0 Å². The molecule has 0 atom stereocenters. The van der Waals surface area contributed by atoms with Crippen LogP contribution in [0.4, 0.5) is 0 Å². The number of nitrogens with zero attached hydrogens (tertiary/aromatic N) is 1. The van der Waals surface area contributed by atoms with E-state index in [2.05, 4.69) is 0 Å². The minimum atomic E-state index is -0.160. The average molecular weight is 408 g/mol. The lowest BCUT2D eigenvalue weighted by Crippen LogP contribution is -2.54. The lowest BCUT2D eigenvalue weighted by molar-refractivity contribution is -0.159. The second-order valence-corrected chi connectivity index (χ2v) is 10.1. The first kappa shape index (κ1) is 18.3. The highest BCUT2D eigenvalue weighted by atomic mass is 16.7. The molecular weight excluding hydrogens is 378 g/mol. The number of furan rings is 1. The molecule has 0 N–H and O–H groups in total. The molecule has 2 aromatic rings. The summed E-state index contributed by atoms with van der Waals surface area (Å²) in [6.07, 6.45) is 7.25. The Balaban J connectivity index is 1.30. The molecule has 0 saturated heterocycles. The molecule has 4 bridgehead atoms. The van der Waals surface area contributed by atoms with Gasteiger partial charge in [-0.2, -0.15) is 0 Å². The number of carbonyl (C=O) groups excluding carboxylic acids is 1. The third kappa shape index (κ3) is 3.10. The van der Waals surface area contributed by atoms with Crippen molar-refractivity contribution in [2.45, 2.75) is 58.5 Å². The zero-order valence-electron chi connectivity index (χ0n) is 17.6. The first-order chi connectivity index (χ1) is 14.6. The van der Waals surface area contributed by atoms with Crippen LogP contribution in [0, 0.1) is 30.1 Å². The predicted octanol–water partition coefficient (Wildman–Crippen LogP) is 5.06. The van der Waals surface area contributed by atoms with Gasteiger partial charge in [-0.25, -0.2) is 0 Å². The van der Waals surface area contributed by atoms with Crippen molar-refractivity contribution in [1.29, 1.82) is 0 Å². The SMILES string of the molecule is Cc1ccc(CN(Cc2ccc3c(c2)OCO3)C(=O)C23CC4CC(CC(C4)C2)C3)o1. The Morgan fingerprint density at radius 3 is 2.33 bits per heavy atom. The van der Waals surface area contributed by atoms with E-state index < -0.39 is 0 Å². The van der Waals surface area contributed by atoms with Gasteiger partial charge in [0.05, 0.1) is 12.0 Å². The van der Waals surface area contributed by atoms with Gasteiger partial charge in [0, 0.05) is 6.54 Å². The van der Waals surface area contributed by atoms with Crippen molar-refractivity contribution in [3.05, 3.63) is 47.4 Å². The summed E-state index contributed by atoms with van der Waals surface area (Å²) in [5.41, 5.74) is 0.910. The van der Waals surface area contributed by atoms with Crippen LogP contribution in [0.15, 0.2) is 34.7 Å². The molecule has 5 heteroatoms. The monoisotopic (exact) mass is 407 g/mol. The number of rotatable bonds is 5. The van der Waals surface area contributed by atoms with Gasteiger partial charge in [-0.1, -0.05) is 6.07 Å². The molecule has 1 aliphatic heterocycles. The molecule has 4 fully saturated rings. The fraction of sp³-hybridized carbons (Fsp3) is 0.560. The average Bonchev–Trinajstić information content (AvgIpc) is 3.34. The van der Waals surface area contributed by atoms with E-state index in [-0.39, 0.29) is 12.2 Å². The van der Waals surface area contributed by atoms with Crippen LogP contribution in [-0.2, 0) is 17.9 Å². The van der Waals surface area contributed by atoms with Crippen molar-refractivity contribution in [3.63, 3.8) is 0 Å². The van der Waals surface area contributed by atoms with Crippen molar-refractivity contribution in [3.8, 4) is 11.5 Å². The first-order valence-electron chi connectivity index (χ1n) is 11.3. The third-order valence-electron chi connectivity index (χ3n) is 7.73. The lowest BCUT2D eigenvalue weighted by atomic mass is 9.49. The summed E-state index contributed by atoms with van der Waals surface area (Å²) in [4.78, 5) is 16.1. The molecule has 1 aromatic heterocycles. The summed E-state index contributed by atoms with van der Waals surface area (Å²) < 4.78 is 16.9. The number of ether oxygens (including phenoxy) is 2. The molecule has 0 spiro atoms. The number of carbonyl (C=O) groups is 1. The van der Waals surface area contributed by atoms with E-state index in [0.717, 1.165) is 65.6 Å². The molecule has 4 aliphatic carbocycles. The zero-order chi connectivity index (χ0) is 20.3. The van der Waals surface area contributed by atoms with Gasteiger partial charge in [0.1, 0.15) is 11.5 Å². The van der Waals surface area contributed by atoms with Crippen LogP contribution >= 0.6 is 0 Å². The van der Waals surface area contributed by atoms with Crippen LogP contribution in [-0.4, -0.2) is 17.6 Å². The number of hydrogen-bond donors (Lipinski definition) is 0. The van der Waals surface area contributed by atoms with Gasteiger partial charge >= 0.3 is 0 Å². The van der Waals surface area contributed by atoms with E-state index >= 15 is 0 Å². The lowest BCUT2D eigenvalue weighted by Gasteiger charge is -2.56. The maximum absolute atomic E-state index is 14.1. The summed E-state index contributed by atoms with van der Waals surface area (Å²) in [7, 11) is 0. The summed E-state index contributed by atoms with van der Waals surface area (Å²) in [5.74, 6) is 5.85. The minimum Gasteiger partial charge on any atom is -0.464 e. The van der Waals surface area contributed by atoms with Crippen molar-refractivity contribution in [2.24, 2.45) is 23.2 Å². The molecule has 5 aliphatic rings. The largest absolute Gasteiger partial charge is 0.464 e. The van der Waals surface area contributed by atoms with Crippen LogP contribution in [0.3, 0.4) is 0 Å². The van der Waals surface area contributed by atoms with Crippen molar-refractivity contribution in [2.75, 3.05) is 6.79 Å². The molecule has 30 heavy (non-hydrogen) atoms. The highest BCUT2D eigenvalue weighted by Crippen LogP contribution is 2.60. The molecule has 7 rings (SSSR count). The van der Waals surface area contributed by atoms with E-state index in [1.807, 2.05) is 42.2 Å². The first-order valence-corrected chi connectivity index (χ1v) is 11.3. The van der Waals surface area contributed by atoms with Gasteiger partial charge in [0.25, 0.3) is 0 Å². The number of aryl methyl sites for hydroxylation is 1. The Labute approximate surface area is 177 Å². The Morgan fingerprint density at radius 1 is 0.967 bits per heavy atom. The number of fused-ring (bicyclic) bond motifs is 1. The Bertz CT molecular complexity index is 942. The Kier molecular flexibility index (Phi) is 4.15. The highest BCUT2D eigenvalue weighted by molar-refractivity contribution is 5.83. The summed E-state index contributed by atoms with van der Waals surface area (Å²) in [6, 6.07) is 9.97. The summed E-state index contributed by atoms with van der Waals surface area (Å²) in [6.45, 7) is 3.30. The number of benzene rings is 1. The second kappa shape index (κ2) is 6.79. The fourth-order valence-electron chi connectivity index (χ4n) is 6.93.